The van der Waals surface area contributed by atoms with E-state index in [2.05, 4.69) is 91.4 Å². The smallest absolute Gasteiger partial charge is 0.114 e. The highest BCUT2D eigenvalue weighted by atomic mass is 79.9. The zero-order valence-electron chi connectivity index (χ0n) is 11.1. The van der Waals surface area contributed by atoms with Gasteiger partial charge < -0.3 is 0 Å². The topological polar surface area (TPSA) is 12.9 Å². The highest BCUT2D eigenvalue weighted by Crippen LogP contribution is 2.37. The van der Waals surface area contributed by atoms with Gasteiger partial charge in [0.2, 0.25) is 0 Å². The molecule has 4 heteroatoms. The van der Waals surface area contributed by atoms with Gasteiger partial charge in [-0.05, 0) is 52.7 Å². The summed E-state index contributed by atoms with van der Waals surface area (Å²) in [5.41, 5.74) is 0. The first-order valence-electron chi connectivity index (χ1n) is 6.47. The van der Waals surface area contributed by atoms with Crippen LogP contribution in [0.1, 0.15) is 0 Å². The molecule has 0 spiro atoms. The molecule has 0 aliphatic rings. The van der Waals surface area contributed by atoms with E-state index in [0.29, 0.717) is 0 Å². The van der Waals surface area contributed by atoms with E-state index in [1.807, 2.05) is 18.3 Å². The molecule has 0 aliphatic carbocycles. The summed E-state index contributed by atoms with van der Waals surface area (Å²) >= 11 is 7.30. The third-order valence-electron chi connectivity index (χ3n) is 3.09. The first kappa shape index (κ1) is 14.9. The average molecular weight is 421 g/mol. The van der Waals surface area contributed by atoms with Crippen molar-refractivity contribution in [1.82, 2.24) is 4.98 Å². The molecule has 3 aromatic rings. The van der Waals surface area contributed by atoms with E-state index in [1.165, 1.54) is 15.9 Å². The van der Waals surface area contributed by atoms with Crippen LogP contribution < -0.4 is 15.9 Å². The molecular weight excluding hydrogens is 409 g/mol. The highest BCUT2D eigenvalue weighted by Gasteiger charge is 2.20. The van der Waals surface area contributed by atoms with Crippen molar-refractivity contribution in [2.75, 3.05) is 0 Å². The molecule has 0 aliphatic heterocycles. The summed E-state index contributed by atoms with van der Waals surface area (Å²) < 4.78 is 2.05. The molecule has 0 bridgehead atoms. The van der Waals surface area contributed by atoms with Crippen LogP contribution in [0.4, 0.5) is 0 Å². The van der Waals surface area contributed by atoms with Crippen LogP contribution >= 0.6 is 39.8 Å². The molecule has 104 valence electrons. The molecule has 0 saturated heterocycles. The molecule has 1 atom stereocenters. The fourth-order valence-electron chi connectivity index (χ4n) is 2.16. The fraction of sp³-hybridized carbons (Fsp3) is 0. The molecule has 0 fully saturated rings. The minimum absolute atomic E-state index is 0.644. The van der Waals surface area contributed by atoms with Crippen LogP contribution in [0.2, 0.25) is 0 Å². The van der Waals surface area contributed by atoms with E-state index in [0.717, 1.165) is 9.08 Å². The number of halogens is 2. The van der Waals surface area contributed by atoms with Crippen LogP contribution in [0.25, 0.3) is 0 Å². The van der Waals surface area contributed by atoms with E-state index < -0.39 is 7.92 Å². The van der Waals surface area contributed by atoms with Gasteiger partial charge in [-0.15, -0.1) is 0 Å². The molecule has 1 nitrogen and oxygen atoms in total. The van der Waals surface area contributed by atoms with Crippen molar-refractivity contribution in [2.24, 2.45) is 0 Å². The Morgan fingerprint density at radius 2 is 1.38 bits per heavy atom. The van der Waals surface area contributed by atoms with Crippen molar-refractivity contribution in [3.8, 4) is 0 Å². The third-order valence-corrected chi connectivity index (χ3v) is 7.55. The monoisotopic (exact) mass is 419 g/mol. The first-order valence-corrected chi connectivity index (χ1v) is 9.40. The standard InChI is InChI=1S/C17H12Br2NP/c18-14-9-4-5-10-15(14)21(13-7-2-1-3-8-13)16-11-6-12-20-17(16)19/h1-12H. The van der Waals surface area contributed by atoms with Crippen molar-refractivity contribution in [3.05, 3.63) is 82.0 Å². The minimum Gasteiger partial charge on any atom is -0.249 e. The number of pyridine rings is 1. The Labute approximate surface area is 142 Å². The van der Waals surface area contributed by atoms with E-state index in [1.54, 1.807) is 0 Å². The molecule has 1 heterocycles. The maximum atomic E-state index is 4.40. The van der Waals surface area contributed by atoms with Gasteiger partial charge in [0, 0.05) is 16.0 Å². The molecule has 0 radical (unpaired) electrons. The molecular formula is C17H12Br2NP. The maximum Gasteiger partial charge on any atom is 0.114 e. The van der Waals surface area contributed by atoms with Gasteiger partial charge in [-0.2, -0.15) is 0 Å². The molecule has 3 rings (SSSR count). The molecule has 2 aromatic carbocycles. The number of hydrogen-bond acceptors (Lipinski definition) is 1. The number of nitrogens with zero attached hydrogens (tertiary/aromatic N) is 1. The fourth-order valence-corrected chi connectivity index (χ4v) is 6.05. The molecule has 0 saturated carbocycles. The van der Waals surface area contributed by atoms with Gasteiger partial charge >= 0.3 is 0 Å². The number of benzene rings is 2. The van der Waals surface area contributed by atoms with Crippen LogP contribution in [0.15, 0.2) is 82.0 Å². The van der Waals surface area contributed by atoms with Crippen LogP contribution in [0, 0.1) is 0 Å². The number of hydrogen-bond donors (Lipinski definition) is 0. The Morgan fingerprint density at radius 3 is 2.10 bits per heavy atom. The predicted molar refractivity (Wildman–Crippen MR) is 98.3 cm³/mol. The highest BCUT2D eigenvalue weighted by molar-refractivity contribution is 9.11. The van der Waals surface area contributed by atoms with Gasteiger partial charge in [-0.25, -0.2) is 4.98 Å². The molecule has 1 unspecified atom stereocenters. The quantitative estimate of drug-likeness (QED) is 0.453. The normalized spacial score (nSPS) is 12.1. The molecule has 21 heavy (non-hydrogen) atoms. The second kappa shape index (κ2) is 6.83. The van der Waals surface area contributed by atoms with Crippen LogP contribution in [-0.2, 0) is 0 Å². The second-order valence-corrected chi connectivity index (χ2v) is 8.19. The van der Waals surface area contributed by atoms with Gasteiger partial charge in [-0.1, -0.05) is 64.5 Å². The lowest BCUT2D eigenvalue weighted by Crippen LogP contribution is -2.22. The Bertz CT molecular complexity index is 701. The van der Waals surface area contributed by atoms with E-state index in [9.17, 15) is 0 Å². The molecule has 0 amide bonds. The largest absolute Gasteiger partial charge is 0.249 e. The van der Waals surface area contributed by atoms with Gasteiger partial charge in [0.05, 0.1) is 0 Å². The van der Waals surface area contributed by atoms with Crippen molar-refractivity contribution in [1.29, 1.82) is 0 Å². The number of rotatable bonds is 3. The minimum atomic E-state index is -0.644. The lowest BCUT2D eigenvalue weighted by Gasteiger charge is -2.21. The Kier molecular flexibility index (Phi) is 4.84. The SMILES string of the molecule is Brc1ccccc1P(c1ccccc1)c1cccnc1Br. The van der Waals surface area contributed by atoms with Crippen LogP contribution in [0.5, 0.6) is 0 Å². The van der Waals surface area contributed by atoms with Crippen molar-refractivity contribution >= 4 is 55.7 Å². The maximum absolute atomic E-state index is 4.40. The van der Waals surface area contributed by atoms with E-state index in [-0.39, 0.29) is 0 Å². The Hall–Kier alpha value is -1.02. The summed E-state index contributed by atoms with van der Waals surface area (Å²) in [5.74, 6) is 0. The van der Waals surface area contributed by atoms with Gasteiger partial charge in [0.1, 0.15) is 4.60 Å². The zero-order valence-corrected chi connectivity index (χ0v) is 15.1. The Balaban J connectivity index is 2.22. The summed E-state index contributed by atoms with van der Waals surface area (Å²) in [5, 5.41) is 3.84. The van der Waals surface area contributed by atoms with Gasteiger partial charge in [0.25, 0.3) is 0 Å². The summed E-state index contributed by atoms with van der Waals surface area (Å²) in [6.07, 6.45) is 1.81. The van der Waals surface area contributed by atoms with Crippen LogP contribution in [-0.4, -0.2) is 4.98 Å². The Morgan fingerprint density at radius 1 is 0.714 bits per heavy atom. The van der Waals surface area contributed by atoms with E-state index >= 15 is 0 Å². The summed E-state index contributed by atoms with van der Waals surface area (Å²) in [4.78, 5) is 4.40. The van der Waals surface area contributed by atoms with Gasteiger partial charge in [0.15, 0.2) is 0 Å². The third kappa shape index (κ3) is 3.26. The van der Waals surface area contributed by atoms with Crippen molar-refractivity contribution in [2.45, 2.75) is 0 Å². The summed E-state index contributed by atoms with van der Waals surface area (Å²) in [6.45, 7) is 0. The zero-order chi connectivity index (χ0) is 14.7. The summed E-state index contributed by atoms with van der Waals surface area (Å²) in [6, 6.07) is 23.2. The molecule has 1 aromatic heterocycles. The first-order chi connectivity index (χ1) is 10.3. The van der Waals surface area contributed by atoms with Crippen molar-refractivity contribution in [3.63, 3.8) is 0 Å². The average Bonchev–Trinajstić information content (AvgIpc) is 2.52. The lowest BCUT2D eigenvalue weighted by atomic mass is 10.4. The van der Waals surface area contributed by atoms with Gasteiger partial charge in [-0.3, -0.25) is 0 Å². The molecule has 0 N–H and O–H groups in total. The van der Waals surface area contributed by atoms with Crippen molar-refractivity contribution < 1.29 is 0 Å². The second-order valence-electron chi connectivity index (χ2n) is 4.44. The predicted octanol–water partition coefficient (Wildman–Crippen LogP) is 4.36. The van der Waals surface area contributed by atoms with E-state index in [4.69, 9.17) is 0 Å². The number of aromatic nitrogens is 1. The van der Waals surface area contributed by atoms with Crippen LogP contribution in [0.3, 0.4) is 0 Å². The lowest BCUT2D eigenvalue weighted by molar-refractivity contribution is 1.30. The summed E-state index contributed by atoms with van der Waals surface area (Å²) in [7, 11) is -0.644.